The summed E-state index contributed by atoms with van der Waals surface area (Å²) in [7, 11) is 0. The Hall–Kier alpha value is -1.39. The zero-order valence-electron chi connectivity index (χ0n) is 10.2. The Morgan fingerprint density at radius 1 is 1.25 bits per heavy atom. The lowest BCUT2D eigenvalue weighted by molar-refractivity contribution is -0.148. The van der Waals surface area contributed by atoms with Gasteiger partial charge >= 0.3 is 5.97 Å². The molecule has 0 bridgehead atoms. The van der Waals surface area contributed by atoms with Gasteiger partial charge in [0.15, 0.2) is 0 Å². The number of esters is 1. The van der Waals surface area contributed by atoms with E-state index in [4.69, 9.17) is 4.74 Å². The van der Waals surface area contributed by atoms with Crippen molar-refractivity contribution in [2.75, 3.05) is 6.61 Å². The molecule has 0 aromatic rings. The van der Waals surface area contributed by atoms with Crippen LogP contribution in [0.3, 0.4) is 0 Å². The van der Waals surface area contributed by atoms with Crippen LogP contribution in [0.2, 0.25) is 0 Å². The highest BCUT2D eigenvalue weighted by Crippen LogP contribution is 2.06. The predicted molar refractivity (Wildman–Crippen MR) is 58.7 cm³/mol. The van der Waals surface area contributed by atoms with Gasteiger partial charge in [0.2, 0.25) is 5.78 Å². The summed E-state index contributed by atoms with van der Waals surface area (Å²) in [4.78, 5) is 33.4. The van der Waals surface area contributed by atoms with Crippen molar-refractivity contribution in [1.29, 1.82) is 0 Å². The van der Waals surface area contributed by atoms with E-state index in [0.717, 1.165) is 6.92 Å². The third kappa shape index (κ3) is 5.48. The summed E-state index contributed by atoms with van der Waals surface area (Å²) < 4.78 is 4.82. The summed E-state index contributed by atoms with van der Waals surface area (Å²) in [6.45, 7) is 6.95. The molecule has 0 aliphatic heterocycles. The Bertz CT molecular complexity index is 273. The molecule has 0 heterocycles. The van der Waals surface area contributed by atoms with Crippen LogP contribution >= 0.6 is 0 Å². The SMILES string of the molecule is CCOC(=O)[C@H](CC(C)C)NC(=O)C(C)=O. The van der Waals surface area contributed by atoms with E-state index in [-0.39, 0.29) is 12.5 Å². The molecule has 1 amide bonds. The summed E-state index contributed by atoms with van der Waals surface area (Å²) in [5, 5.41) is 2.37. The lowest BCUT2D eigenvalue weighted by atomic mass is 10.0. The molecule has 0 radical (unpaired) electrons. The van der Waals surface area contributed by atoms with Crippen LogP contribution in [0.15, 0.2) is 0 Å². The van der Waals surface area contributed by atoms with E-state index >= 15 is 0 Å². The standard InChI is InChI=1S/C11H19NO4/c1-5-16-11(15)9(6-7(2)3)12-10(14)8(4)13/h7,9H,5-6H2,1-4H3,(H,12,14)/t9-/m0/s1. The first-order valence-corrected chi connectivity index (χ1v) is 5.36. The summed E-state index contributed by atoms with van der Waals surface area (Å²) in [5.41, 5.74) is 0. The zero-order valence-corrected chi connectivity index (χ0v) is 10.2. The van der Waals surface area contributed by atoms with Crippen molar-refractivity contribution in [2.45, 2.75) is 40.2 Å². The van der Waals surface area contributed by atoms with Gasteiger partial charge in [0.25, 0.3) is 5.91 Å². The smallest absolute Gasteiger partial charge is 0.328 e. The lowest BCUT2D eigenvalue weighted by Crippen LogP contribution is -2.44. The number of ketones is 1. The molecule has 0 unspecified atom stereocenters. The van der Waals surface area contributed by atoms with Crippen molar-refractivity contribution in [3.63, 3.8) is 0 Å². The molecule has 5 heteroatoms. The van der Waals surface area contributed by atoms with Crippen LogP contribution in [0, 0.1) is 5.92 Å². The molecule has 0 aromatic carbocycles. The molecule has 0 aromatic heterocycles. The lowest BCUT2D eigenvalue weighted by Gasteiger charge is -2.18. The molecule has 5 nitrogen and oxygen atoms in total. The monoisotopic (exact) mass is 229 g/mol. The Labute approximate surface area is 95.5 Å². The van der Waals surface area contributed by atoms with Crippen LogP contribution < -0.4 is 5.32 Å². The maximum absolute atomic E-state index is 11.5. The molecule has 0 aliphatic carbocycles. The maximum atomic E-state index is 11.5. The topological polar surface area (TPSA) is 72.5 Å². The van der Waals surface area contributed by atoms with E-state index in [9.17, 15) is 14.4 Å². The van der Waals surface area contributed by atoms with Gasteiger partial charge in [0.05, 0.1) is 6.61 Å². The van der Waals surface area contributed by atoms with Gasteiger partial charge in [-0.1, -0.05) is 13.8 Å². The minimum atomic E-state index is -0.751. The van der Waals surface area contributed by atoms with Crippen LogP contribution in [0.5, 0.6) is 0 Å². The third-order valence-corrected chi connectivity index (χ3v) is 1.90. The Morgan fingerprint density at radius 3 is 2.19 bits per heavy atom. The number of carbonyl (C=O) groups excluding carboxylic acids is 3. The van der Waals surface area contributed by atoms with Gasteiger partial charge in [-0.15, -0.1) is 0 Å². The largest absolute Gasteiger partial charge is 0.464 e. The second-order valence-electron chi connectivity index (χ2n) is 3.96. The zero-order chi connectivity index (χ0) is 12.7. The fraction of sp³-hybridized carbons (Fsp3) is 0.727. The van der Waals surface area contributed by atoms with Crippen molar-refractivity contribution >= 4 is 17.7 Å². The van der Waals surface area contributed by atoms with Gasteiger partial charge in [-0.25, -0.2) is 4.79 Å². The van der Waals surface area contributed by atoms with Crippen molar-refractivity contribution in [3.05, 3.63) is 0 Å². The number of nitrogens with one attached hydrogen (secondary N) is 1. The average molecular weight is 229 g/mol. The molecule has 0 saturated heterocycles. The van der Waals surface area contributed by atoms with Crippen LogP contribution in [-0.2, 0) is 19.1 Å². The van der Waals surface area contributed by atoms with E-state index in [1.807, 2.05) is 13.8 Å². The number of rotatable bonds is 6. The molecule has 0 rings (SSSR count). The highest BCUT2D eigenvalue weighted by molar-refractivity contribution is 6.35. The summed E-state index contributed by atoms with van der Waals surface area (Å²) in [6.07, 6.45) is 0.456. The number of amides is 1. The molecule has 1 N–H and O–H groups in total. The Morgan fingerprint density at radius 2 is 1.81 bits per heavy atom. The number of carbonyl (C=O) groups is 3. The van der Waals surface area contributed by atoms with Crippen LogP contribution in [0.25, 0.3) is 0 Å². The van der Waals surface area contributed by atoms with Gasteiger partial charge in [-0.05, 0) is 19.3 Å². The fourth-order valence-electron chi connectivity index (χ4n) is 1.19. The van der Waals surface area contributed by atoms with Crippen molar-refractivity contribution < 1.29 is 19.1 Å². The van der Waals surface area contributed by atoms with Gasteiger partial charge in [0.1, 0.15) is 6.04 Å². The molecule has 0 fully saturated rings. The molecule has 92 valence electrons. The Kier molecular flexibility index (Phi) is 6.37. The minimum Gasteiger partial charge on any atom is -0.464 e. The van der Waals surface area contributed by atoms with Crippen LogP contribution in [-0.4, -0.2) is 30.3 Å². The quantitative estimate of drug-likeness (QED) is 0.536. The average Bonchev–Trinajstić information content (AvgIpc) is 2.16. The highest BCUT2D eigenvalue weighted by Gasteiger charge is 2.24. The summed E-state index contributed by atoms with van der Waals surface area (Å²) in [6, 6.07) is -0.739. The maximum Gasteiger partial charge on any atom is 0.328 e. The first-order chi connectivity index (χ1) is 7.38. The van der Waals surface area contributed by atoms with Crippen molar-refractivity contribution in [1.82, 2.24) is 5.32 Å². The van der Waals surface area contributed by atoms with Crippen LogP contribution in [0.1, 0.15) is 34.1 Å². The number of ether oxygens (including phenoxy) is 1. The molecule has 0 saturated carbocycles. The summed E-state index contributed by atoms with van der Waals surface area (Å²) >= 11 is 0. The van der Waals surface area contributed by atoms with Crippen molar-refractivity contribution in [3.8, 4) is 0 Å². The van der Waals surface area contributed by atoms with Gasteiger partial charge in [-0.3, -0.25) is 9.59 Å². The molecular formula is C11H19NO4. The van der Waals surface area contributed by atoms with Crippen LogP contribution in [0.4, 0.5) is 0 Å². The third-order valence-electron chi connectivity index (χ3n) is 1.90. The Balaban J connectivity index is 4.48. The first-order valence-electron chi connectivity index (χ1n) is 5.36. The molecule has 0 spiro atoms. The van der Waals surface area contributed by atoms with E-state index in [1.54, 1.807) is 6.92 Å². The number of Topliss-reactive ketones (excluding diaryl/α,β-unsaturated/α-hetero) is 1. The van der Waals surface area contributed by atoms with E-state index < -0.39 is 23.7 Å². The minimum absolute atomic E-state index is 0.224. The highest BCUT2D eigenvalue weighted by atomic mass is 16.5. The molecule has 1 atom stereocenters. The first kappa shape index (κ1) is 14.6. The number of hydrogen-bond acceptors (Lipinski definition) is 4. The second kappa shape index (κ2) is 6.98. The molecule has 16 heavy (non-hydrogen) atoms. The van der Waals surface area contributed by atoms with Crippen molar-refractivity contribution in [2.24, 2.45) is 5.92 Å². The van der Waals surface area contributed by atoms with E-state index in [2.05, 4.69) is 5.32 Å². The summed E-state index contributed by atoms with van der Waals surface area (Å²) in [5.74, 6) is -1.63. The van der Waals surface area contributed by atoms with Gasteiger partial charge < -0.3 is 10.1 Å². The van der Waals surface area contributed by atoms with Gasteiger partial charge in [-0.2, -0.15) is 0 Å². The normalized spacial score (nSPS) is 12.1. The molecular weight excluding hydrogens is 210 g/mol. The second-order valence-corrected chi connectivity index (χ2v) is 3.96. The predicted octanol–water partition coefficient (Wildman–Crippen LogP) is 0.669. The molecule has 0 aliphatic rings. The van der Waals surface area contributed by atoms with E-state index in [1.165, 1.54) is 0 Å². The fourth-order valence-corrected chi connectivity index (χ4v) is 1.19. The number of hydrogen-bond donors (Lipinski definition) is 1. The van der Waals surface area contributed by atoms with Gasteiger partial charge in [0, 0.05) is 6.92 Å². The van der Waals surface area contributed by atoms with E-state index in [0.29, 0.717) is 6.42 Å².